The zero-order chi connectivity index (χ0) is 11.7. The zero-order valence-corrected chi connectivity index (χ0v) is 10.7. The first-order valence-electron chi connectivity index (χ1n) is 5.19. The van der Waals surface area contributed by atoms with Gasteiger partial charge in [-0.2, -0.15) is 11.8 Å². The normalized spacial score (nSPS) is 12.5. The number of hydrogen-bond donors (Lipinski definition) is 1. The van der Waals surface area contributed by atoms with Gasteiger partial charge in [-0.15, -0.1) is 0 Å². The highest BCUT2D eigenvalue weighted by Crippen LogP contribution is 2.02. The van der Waals surface area contributed by atoms with E-state index in [0.717, 1.165) is 12.2 Å². The van der Waals surface area contributed by atoms with Crippen LogP contribution >= 0.6 is 11.8 Å². The summed E-state index contributed by atoms with van der Waals surface area (Å²) in [4.78, 5) is 13.6. The maximum absolute atomic E-state index is 11.8. The van der Waals surface area contributed by atoms with Crippen LogP contribution < -0.4 is 5.73 Å². The Bertz CT molecular complexity index is 179. The van der Waals surface area contributed by atoms with Crippen molar-refractivity contribution >= 4 is 17.7 Å². The number of hydrogen-bond acceptors (Lipinski definition) is 4. The minimum atomic E-state index is -0.366. The van der Waals surface area contributed by atoms with Crippen LogP contribution in [0.3, 0.4) is 0 Å². The second kappa shape index (κ2) is 9.00. The summed E-state index contributed by atoms with van der Waals surface area (Å²) in [7, 11) is 1.63. The van der Waals surface area contributed by atoms with Gasteiger partial charge in [-0.3, -0.25) is 4.79 Å². The highest BCUT2D eigenvalue weighted by molar-refractivity contribution is 7.98. The van der Waals surface area contributed by atoms with Crippen LogP contribution in [-0.2, 0) is 9.53 Å². The van der Waals surface area contributed by atoms with E-state index in [4.69, 9.17) is 10.5 Å². The Morgan fingerprint density at radius 1 is 1.60 bits per heavy atom. The Kier molecular flexibility index (Phi) is 8.85. The quantitative estimate of drug-likeness (QED) is 0.667. The van der Waals surface area contributed by atoms with Crippen molar-refractivity contribution in [3.63, 3.8) is 0 Å². The summed E-state index contributed by atoms with van der Waals surface area (Å²) < 4.78 is 4.95. The minimum Gasteiger partial charge on any atom is -0.383 e. The van der Waals surface area contributed by atoms with E-state index in [2.05, 4.69) is 0 Å². The van der Waals surface area contributed by atoms with Crippen LogP contribution in [0.2, 0.25) is 0 Å². The molecule has 4 nitrogen and oxygen atoms in total. The molecular formula is C10H22N2O2S. The fourth-order valence-electron chi connectivity index (χ4n) is 1.23. The number of carbonyl (C=O) groups is 1. The number of thioether (sulfide) groups is 1. The molecule has 2 N–H and O–H groups in total. The Morgan fingerprint density at radius 3 is 2.73 bits per heavy atom. The summed E-state index contributed by atoms with van der Waals surface area (Å²) in [5.74, 6) is 0.956. The van der Waals surface area contributed by atoms with Gasteiger partial charge >= 0.3 is 0 Å². The molecule has 1 atom stereocenters. The fourth-order valence-corrected chi connectivity index (χ4v) is 1.72. The number of nitrogens with zero attached hydrogens (tertiary/aromatic N) is 1. The predicted molar refractivity (Wildman–Crippen MR) is 65.1 cm³/mol. The lowest BCUT2D eigenvalue weighted by atomic mass is 10.2. The van der Waals surface area contributed by atoms with Crippen LogP contribution in [-0.4, -0.2) is 55.7 Å². The molecule has 0 heterocycles. The van der Waals surface area contributed by atoms with E-state index < -0.39 is 0 Å². The van der Waals surface area contributed by atoms with Crippen molar-refractivity contribution in [3.05, 3.63) is 0 Å². The maximum atomic E-state index is 11.8. The van der Waals surface area contributed by atoms with Gasteiger partial charge in [0.05, 0.1) is 12.6 Å². The molecule has 0 aromatic rings. The predicted octanol–water partition coefficient (Wildman–Crippen LogP) is 0.562. The Balaban J connectivity index is 4.00. The smallest absolute Gasteiger partial charge is 0.239 e. The van der Waals surface area contributed by atoms with E-state index in [1.807, 2.05) is 13.2 Å². The molecule has 0 rings (SSSR count). The Hall–Kier alpha value is -0.260. The van der Waals surface area contributed by atoms with Gasteiger partial charge in [0.25, 0.3) is 0 Å². The molecule has 0 saturated heterocycles. The molecule has 1 amide bonds. The van der Waals surface area contributed by atoms with Crippen LogP contribution in [0.15, 0.2) is 0 Å². The molecule has 0 aliphatic heterocycles. The van der Waals surface area contributed by atoms with Crippen molar-refractivity contribution in [3.8, 4) is 0 Å². The molecule has 5 heteroatoms. The Labute approximate surface area is 96.5 Å². The highest BCUT2D eigenvalue weighted by atomic mass is 32.2. The SMILES string of the molecule is CCN(CCOC)C(=O)[C@H](N)CCSC. The minimum absolute atomic E-state index is 0.0311. The van der Waals surface area contributed by atoms with Gasteiger partial charge in [-0.25, -0.2) is 0 Å². The van der Waals surface area contributed by atoms with Gasteiger partial charge in [-0.05, 0) is 25.4 Å². The lowest BCUT2D eigenvalue weighted by Gasteiger charge is -2.23. The van der Waals surface area contributed by atoms with Gasteiger partial charge in [0, 0.05) is 20.2 Å². The number of ether oxygens (including phenoxy) is 1. The largest absolute Gasteiger partial charge is 0.383 e. The summed E-state index contributed by atoms with van der Waals surface area (Å²) in [6.07, 6.45) is 2.75. The third-order valence-electron chi connectivity index (χ3n) is 2.21. The molecular weight excluding hydrogens is 212 g/mol. The van der Waals surface area contributed by atoms with Crippen LogP contribution in [0.25, 0.3) is 0 Å². The molecule has 0 bridgehead atoms. The van der Waals surface area contributed by atoms with E-state index >= 15 is 0 Å². The zero-order valence-electron chi connectivity index (χ0n) is 9.86. The van der Waals surface area contributed by atoms with Gasteiger partial charge in [0.1, 0.15) is 0 Å². The van der Waals surface area contributed by atoms with Gasteiger partial charge in [-0.1, -0.05) is 0 Å². The summed E-state index contributed by atoms with van der Waals surface area (Å²) >= 11 is 1.71. The number of methoxy groups -OCH3 is 1. The standard InChI is InChI=1S/C10H22N2O2S/c1-4-12(6-7-14-2)10(13)9(11)5-8-15-3/h9H,4-8,11H2,1-3H3/t9-/m1/s1. The van der Waals surface area contributed by atoms with Crippen LogP contribution in [0.4, 0.5) is 0 Å². The van der Waals surface area contributed by atoms with Crippen LogP contribution in [0.1, 0.15) is 13.3 Å². The number of rotatable bonds is 8. The van der Waals surface area contributed by atoms with Crippen molar-refractivity contribution < 1.29 is 9.53 Å². The number of carbonyl (C=O) groups excluding carboxylic acids is 1. The van der Waals surface area contributed by atoms with Crippen molar-refractivity contribution in [1.82, 2.24) is 4.90 Å². The highest BCUT2D eigenvalue weighted by Gasteiger charge is 2.18. The summed E-state index contributed by atoms with van der Waals surface area (Å²) in [5.41, 5.74) is 5.81. The molecule has 0 unspecified atom stereocenters. The molecule has 0 aromatic carbocycles. The second-order valence-corrected chi connectivity index (χ2v) is 4.28. The molecule has 0 aliphatic carbocycles. The third-order valence-corrected chi connectivity index (χ3v) is 2.85. The maximum Gasteiger partial charge on any atom is 0.239 e. The summed E-state index contributed by atoms with van der Waals surface area (Å²) in [6, 6.07) is -0.366. The second-order valence-electron chi connectivity index (χ2n) is 3.30. The van der Waals surface area contributed by atoms with Gasteiger partial charge in [0.2, 0.25) is 5.91 Å². The van der Waals surface area contributed by atoms with Crippen molar-refractivity contribution in [1.29, 1.82) is 0 Å². The number of nitrogens with two attached hydrogens (primary N) is 1. The molecule has 0 aromatic heterocycles. The third kappa shape index (κ3) is 6.02. The molecule has 0 spiro atoms. The first-order chi connectivity index (χ1) is 7.17. The van der Waals surface area contributed by atoms with Crippen LogP contribution in [0, 0.1) is 0 Å². The van der Waals surface area contributed by atoms with Crippen molar-refractivity contribution in [2.45, 2.75) is 19.4 Å². The molecule has 0 fully saturated rings. The summed E-state index contributed by atoms with van der Waals surface area (Å²) in [6.45, 7) is 3.83. The molecule has 0 aliphatic rings. The van der Waals surface area contributed by atoms with E-state index in [-0.39, 0.29) is 11.9 Å². The van der Waals surface area contributed by atoms with Gasteiger partial charge in [0.15, 0.2) is 0 Å². The monoisotopic (exact) mass is 234 g/mol. The lowest BCUT2D eigenvalue weighted by Crippen LogP contribution is -2.45. The first-order valence-corrected chi connectivity index (χ1v) is 6.59. The summed E-state index contributed by atoms with van der Waals surface area (Å²) in [5, 5.41) is 0. The average Bonchev–Trinajstić information content (AvgIpc) is 2.26. The molecule has 15 heavy (non-hydrogen) atoms. The van der Waals surface area contributed by atoms with E-state index in [1.54, 1.807) is 23.8 Å². The van der Waals surface area contributed by atoms with E-state index in [1.165, 1.54) is 0 Å². The van der Waals surface area contributed by atoms with E-state index in [0.29, 0.717) is 19.7 Å². The fraction of sp³-hybridized carbons (Fsp3) is 0.900. The van der Waals surface area contributed by atoms with Gasteiger partial charge < -0.3 is 15.4 Å². The van der Waals surface area contributed by atoms with E-state index in [9.17, 15) is 4.79 Å². The average molecular weight is 234 g/mol. The number of likely N-dealkylation sites (N-methyl/N-ethyl adjacent to an activating group) is 1. The topological polar surface area (TPSA) is 55.6 Å². The molecule has 0 saturated carbocycles. The number of amides is 1. The first kappa shape index (κ1) is 14.7. The van der Waals surface area contributed by atoms with Crippen LogP contribution in [0.5, 0.6) is 0 Å². The van der Waals surface area contributed by atoms with Crippen molar-refractivity contribution in [2.75, 3.05) is 38.8 Å². The Morgan fingerprint density at radius 2 is 2.27 bits per heavy atom. The molecule has 90 valence electrons. The molecule has 0 radical (unpaired) electrons. The lowest BCUT2D eigenvalue weighted by molar-refractivity contribution is -0.133. The van der Waals surface area contributed by atoms with Crippen molar-refractivity contribution in [2.24, 2.45) is 5.73 Å².